The summed E-state index contributed by atoms with van der Waals surface area (Å²) in [6.07, 6.45) is -1.21. The van der Waals surface area contributed by atoms with Crippen LogP contribution in [0, 0.1) is 5.92 Å². The maximum absolute atomic E-state index is 16.2. The van der Waals surface area contributed by atoms with Crippen LogP contribution in [0.5, 0.6) is 0 Å². The topological polar surface area (TPSA) is 117 Å². The lowest BCUT2D eigenvalue weighted by Gasteiger charge is -2.39. The van der Waals surface area contributed by atoms with Crippen molar-refractivity contribution < 1.29 is 37.9 Å². The van der Waals surface area contributed by atoms with Gasteiger partial charge in [-0.3, -0.25) is 24.1 Å². The second-order valence-corrected chi connectivity index (χ2v) is 16.7. The van der Waals surface area contributed by atoms with Crippen molar-refractivity contribution in [3.63, 3.8) is 0 Å². The van der Waals surface area contributed by atoms with Crippen LogP contribution in [0.25, 0.3) is 0 Å². The molecule has 4 heterocycles. The number of carbonyl (C=O) groups is 4. The van der Waals surface area contributed by atoms with Crippen LogP contribution in [0.4, 0.5) is 15.5 Å². The van der Waals surface area contributed by atoms with Gasteiger partial charge in [0.1, 0.15) is 0 Å². The molecule has 1 N–H and O–H groups in total. The Morgan fingerprint density at radius 3 is 2.48 bits per heavy atom. The number of aliphatic hydroxyl groups is 1. The van der Waals surface area contributed by atoms with Crippen molar-refractivity contribution in [1.29, 1.82) is 0 Å². The molecule has 1 spiro atoms. The zero-order chi connectivity index (χ0) is 31.7. The van der Waals surface area contributed by atoms with E-state index in [1.165, 1.54) is 16.7 Å². The second kappa shape index (κ2) is 10.8. The highest BCUT2D eigenvalue weighted by Gasteiger charge is 2.67. The van der Waals surface area contributed by atoms with Gasteiger partial charge in [0, 0.05) is 43.2 Å². The van der Waals surface area contributed by atoms with Gasteiger partial charge in [0.25, 0.3) is 5.91 Å². The van der Waals surface area contributed by atoms with Gasteiger partial charge in [-0.25, -0.2) is 0 Å². The van der Waals surface area contributed by atoms with Crippen molar-refractivity contribution in [2.45, 2.75) is 82.3 Å². The molecule has 6 atom stereocenters. The molecule has 4 aliphatic rings. The Balaban J connectivity index is 1.35. The molecule has 2 aromatic carbocycles. The molecule has 6 rings (SSSR count). The first-order chi connectivity index (χ1) is 20.8. The van der Waals surface area contributed by atoms with Gasteiger partial charge in [-0.2, -0.15) is 0 Å². The van der Waals surface area contributed by atoms with Crippen molar-refractivity contribution in [3.05, 3.63) is 59.2 Å². The van der Waals surface area contributed by atoms with Crippen LogP contribution in [0.3, 0.4) is 0 Å². The quantitative estimate of drug-likeness (QED) is 0.227. The molecule has 1 unspecified atom stereocenters. The van der Waals surface area contributed by atoms with E-state index in [-0.39, 0.29) is 37.2 Å². The van der Waals surface area contributed by atoms with Gasteiger partial charge in [0.2, 0.25) is 20.2 Å². The lowest BCUT2D eigenvalue weighted by atomic mass is 9.82. The smallest absolute Gasteiger partial charge is 0.304 e. The van der Waals surface area contributed by atoms with Crippen LogP contribution in [0.2, 0.25) is 18.6 Å². The van der Waals surface area contributed by atoms with E-state index in [4.69, 9.17) is 9.47 Å². The highest BCUT2D eigenvalue weighted by molar-refractivity contribution is 6.72. The molecule has 234 valence electrons. The third kappa shape index (κ3) is 4.65. The number of carbonyl (C=O) groups excluding carboxylic acids is 4. The lowest BCUT2D eigenvalue weighted by Crippen LogP contribution is -2.55. The van der Waals surface area contributed by atoms with E-state index in [1.807, 2.05) is 24.3 Å². The molecule has 4 aliphatic heterocycles. The summed E-state index contributed by atoms with van der Waals surface area (Å²) >= 11 is 0. The summed E-state index contributed by atoms with van der Waals surface area (Å²) in [5.41, 5.74) is 1.33. The summed E-state index contributed by atoms with van der Waals surface area (Å²) in [5.74, 6) is -1.99. The van der Waals surface area contributed by atoms with Gasteiger partial charge in [0.15, 0.2) is 11.8 Å². The number of halogens is 1. The Morgan fingerprint density at radius 2 is 1.84 bits per heavy atom. The van der Waals surface area contributed by atoms with Crippen molar-refractivity contribution >= 4 is 43.5 Å². The molecule has 2 fully saturated rings. The summed E-state index contributed by atoms with van der Waals surface area (Å²) in [5, 5.41) is 10.2. The molecular weight excluding hydrogens is 585 g/mol. The number of fused-ring (bicyclic) bond motifs is 3. The first-order valence-electron chi connectivity index (χ1n) is 15.0. The molecule has 0 aromatic heterocycles. The monoisotopic (exact) mass is 623 g/mol. The number of nitrogens with zero attached hydrogens (tertiary/aromatic N) is 3. The van der Waals surface area contributed by atoms with Crippen LogP contribution >= 0.6 is 0 Å². The second-order valence-electron chi connectivity index (χ2n) is 12.9. The first-order valence-corrected chi connectivity index (χ1v) is 18.0. The fraction of sp³-hybridized carbons (Fsp3) is 0.500. The number of β-lactam (4-membered cyclic amide) rings is 1. The van der Waals surface area contributed by atoms with Crippen molar-refractivity contribution in [2.75, 3.05) is 23.5 Å². The summed E-state index contributed by atoms with van der Waals surface area (Å²) in [6.45, 7) is 6.35. The Morgan fingerprint density at radius 1 is 1.14 bits per heavy atom. The maximum Gasteiger partial charge on any atom is 0.304 e. The fourth-order valence-corrected chi connectivity index (χ4v) is 10.3. The predicted octanol–water partition coefficient (Wildman–Crippen LogP) is 3.40. The van der Waals surface area contributed by atoms with Crippen LogP contribution in [0.1, 0.15) is 43.4 Å². The van der Waals surface area contributed by atoms with Crippen molar-refractivity contribution in [1.82, 2.24) is 4.90 Å². The van der Waals surface area contributed by atoms with Gasteiger partial charge >= 0.3 is 5.97 Å². The highest BCUT2D eigenvalue weighted by Crippen LogP contribution is 2.60. The minimum Gasteiger partial charge on any atom is -0.441 e. The standard InChI is InChI=1S/C32H38FN3O7Si/c1-18-30(44(4,5)33)26(14-27(39)35-16-21-9-7-6-8-20(21)12-23(35)17-37)43-32(18)24-13-22(10-11-25(24)34(3)31(32)41)36-28(40)15-29(36)42-19(2)38/h6-11,13,18,23,26,29-30,37H,12,14-17H2,1-5H3/t18-,23+,26+,29?,30-,32+/m1/s1. The number of hydrogen-bond donors (Lipinski definition) is 1. The van der Waals surface area contributed by atoms with Crippen LogP contribution in [-0.2, 0) is 47.2 Å². The lowest BCUT2D eigenvalue weighted by molar-refractivity contribution is -0.154. The molecule has 12 heteroatoms. The molecule has 44 heavy (non-hydrogen) atoms. The van der Waals surface area contributed by atoms with Gasteiger partial charge in [-0.15, -0.1) is 0 Å². The van der Waals surface area contributed by atoms with E-state index < -0.39 is 49.8 Å². The minimum atomic E-state index is -3.53. The van der Waals surface area contributed by atoms with Gasteiger partial charge in [-0.05, 0) is 48.8 Å². The maximum atomic E-state index is 16.2. The molecular formula is C32H38FN3O7Si. The zero-order valence-electron chi connectivity index (χ0n) is 25.6. The summed E-state index contributed by atoms with van der Waals surface area (Å²) < 4.78 is 28.2. The van der Waals surface area contributed by atoms with Crippen molar-refractivity contribution in [3.8, 4) is 0 Å². The summed E-state index contributed by atoms with van der Waals surface area (Å²) in [6, 6.07) is 12.5. The number of aliphatic hydroxyl groups excluding tert-OH is 1. The largest absolute Gasteiger partial charge is 0.441 e. The highest BCUT2D eigenvalue weighted by atomic mass is 28.4. The summed E-state index contributed by atoms with van der Waals surface area (Å²) in [4.78, 5) is 56.7. The number of rotatable bonds is 6. The average Bonchev–Trinajstić information content (AvgIpc) is 3.37. The zero-order valence-corrected chi connectivity index (χ0v) is 26.6. The Labute approximate surface area is 256 Å². The SMILES string of the molecule is CC(=O)OC1CC(=O)N1c1ccc2c(c1)[C@]1(O[C@@H](CC(=O)N3Cc4ccccc4C[C@H]3CO)[C@H]([Si](C)(C)F)[C@H]1C)C(=O)N2C. The van der Waals surface area contributed by atoms with Crippen LogP contribution < -0.4 is 9.80 Å². The number of benzene rings is 2. The predicted molar refractivity (Wildman–Crippen MR) is 162 cm³/mol. The van der Waals surface area contributed by atoms with E-state index in [9.17, 15) is 24.3 Å². The van der Waals surface area contributed by atoms with Gasteiger partial charge < -0.3 is 28.5 Å². The number of esters is 1. The molecule has 2 saturated heterocycles. The normalized spacial score (nSPS) is 29.5. The molecule has 0 aliphatic carbocycles. The average molecular weight is 624 g/mol. The Hall–Kier alpha value is -3.61. The van der Waals surface area contributed by atoms with Gasteiger partial charge in [0.05, 0.1) is 37.3 Å². The number of anilines is 2. The number of amides is 3. The van der Waals surface area contributed by atoms with E-state index in [2.05, 4.69) is 0 Å². The molecule has 0 saturated carbocycles. The summed E-state index contributed by atoms with van der Waals surface area (Å²) in [7, 11) is -1.90. The van der Waals surface area contributed by atoms with E-state index in [0.717, 1.165) is 11.1 Å². The van der Waals surface area contributed by atoms with Gasteiger partial charge in [-0.1, -0.05) is 31.2 Å². The molecule has 0 radical (unpaired) electrons. The first kappa shape index (κ1) is 30.4. The van der Waals surface area contributed by atoms with E-state index in [0.29, 0.717) is 29.9 Å². The van der Waals surface area contributed by atoms with E-state index >= 15 is 4.11 Å². The Kier molecular flexibility index (Phi) is 7.45. The molecule has 3 amide bonds. The van der Waals surface area contributed by atoms with Crippen molar-refractivity contribution in [2.24, 2.45) is 5.92 Å². The molecule has 2 aromatic rings. The van der Waals surface area contributed by atoms with E-state index in [1.54, 1.807) is 50.2 Å². The minimum absolute atomic E-state index is 0.0528. The number of hydrogen-bond acceptors (Lipinski definition) is 7. The number of likely N-dealkylation sites (N-methyl/N-ethyl adjacent to an activating group) is 1. The fourth-order valence-electron chi connectivity index (χ4n) is 7.81. The Bertz CT molecular complexity index is 1550. The third-order valence-electron chi connectivity index (χ3n) is 9.82. The molecule has 10 nitrogen and oxygen atoms in total. The molecule has 0 bridgehead atoms. The number of ether oxygens (including phenoxy) is 2. The van der Waals surface area contributed by atoms with Crippen LogP contribution in [0.15, 0.2) is 42.5 Å². The van der Waals surface area contributed by atoms with Crippen LogP contribution in [-0.4, -0.2) is 74.1 Å². The third-order valence-corrected chi connectivity index (χ3v) is 12.3.